The van der Waals surface area contributed by atoms with Gasteiger partial charge in [-0.1, -0.05) is 0 Å². The molecule has 1 aromatic rings. The summed E-state index contributed by atoms with van der Waals surface area (Å²) in [5, 5.41) is 6.83. The minimum atomic E-state index is -2.89. The van der Waals surface area contributed by atoms with Crippen LogP contribution in [0.5, 0.6) is 0 Å². The lowest BCUT2D eigenvalue weighted by Gasteiger charge is -2.18. The number of aromatic nitrogens is 2. The highest BCUT2D eigenvalue weighted by Gasteiger charge is 2.28. The van der Waals surface area contributed by atoms with Gasteiger partial charge in [-0.25, -0.2) is 13.2 Å². The third-order valence-corrected chi connectivity index (χ3v) is 5.23. The first-order chi connectivity index (χ1) is 9.35. The topological polar surface area (TPSA) is 84.3 Å². The van der Waals surface area contributed by atoms with Crippen LogP contribution in [0.3, 0.4) is 0 Å². The molecule has 0 spiro atoms. The molecule has 1 aromatic heterocycles. The van der Waals surface area contributed by atoms with Gasteiger partial charge in [-0.3, -0.25) is 4.68 Å². The first-order valence-corrected chi connectivity index (χ1v) is 8.35. The van der Waals surface area contributed by atoms with Crippen molar-refractivity contribution in [1.82, 2.24) is 20.0 Å². The fourth-order valence-corrected chi connectivity index (χ4v) is 4.16. The average Bonchev–Trinajstić information content (AvgIpc) is 2.92. The SMILES string of the molecule is CN(Cc1cnn(C)c1)C(=O)NC[C@H]1CCS(=O)(=O)C1. The van der Waals surface area contributed by atoms with Crippen molar-refractivity contribution in [2.24, 2.45) is 13.0 Å². The van der Waals surface area contributed by atoms with Gasteiger partial charge < -0.3 is 10.2 Å². The van der Waals surface area contributed by atoms with E-state index in [1.54, 1.807) is 22.8 Å². The summed E-state index contributed by atoms with van der Waals surface area (Å²) in [6.45, 7) is 0.887. The van der Waals surface area contributed by atoms with Crippen LogP contribution in [0.15, 0.2) is 12.4 Å². The van der Waals surface area contributed by atoms with E-state index < -0.39 is 9.84 Å². The highest BCUT2D eigenvalue weighted by atomic mass is 32.2. The van der Waals surface area contributed by atoms with Gasteiger partial charge in [0, 0.05) is 32.4 Å². The first-order valence-electron chi connectivity index (χ1n) is 6.52. The summed E-state index contributed by atoms with van der Waals surface area (Å²) in [5.74, 6) is 0.453. The van der Waals surface area contributed by atoms with Gasteiger partial charge >= 0.3 is 6.03 Å². The zero-order valence-electron chi connectivity index (χ0n) is 11.7. The second-order valence-corrected chi connectivity index (χ2v) is 7.56. The maximum Gasteiger partial charge on any atom is 0.317 e. The van der Waals surface area contributed by atoms with Crippen molar-refractivity contribution in [2.75, 3.05) is 25.1 Å². The van der Waals surface area contributed by atoms with Crippen molar-refractivity contribution in [3.05, 3.63) is 18.0 Å². The Morgan fingerprint density at radius 2 is 2.35 bits per heavy atom. The van der Waals surface area contributed by atoms with Gasteiger partial charge in [-0.2, -0.15) is 5.10 Å². The fourth-order valence-electron chi connectivity index (χ4n) is 2.30. The summed E-state index contributed by atoms with van der Waals surface area (Å²) in [6, 6.07) is -0.196. The molecule has 0 saturated carbocycles. The van der Waals surface area contributed by atoms with Crippen molar-refractivity contribution < 1.29 is 13.2 Å². The van der Waals surface area contributed by atoms with E-state index in [1.807, 2.05) is 13.2 Å². The van der Waals surface area contributed by atoms with Crippen LogP contribution in [-0.2, 0) is 23.4 Å². The highest BCUT2D eigenvalue weighted by molar-refractivity contribution is 7.91. The normalized spacial score (nSPS) is 20.8. The van der Waals surface area contributed by atoms with Gasteiger partial charge in [-0.15, -0.1) is 0 Å². The van der Waals surface area contributed by atoms with E-state index in [9.17, 15) is 13.2 Å². The second-order valence-electron chi connectivity index (χ2n) is 5.33. The molecule has 0 unspecified atom stereocenters. The number of rotatable bonds is 4. The summed E-state index contributed by atoms with van der Waals surface area (Å²) in [7, 11) is 0.640. The Bertz CT molecular complexity index is 581. The Morgan fingerprint density at radius 3 is 2.90 bits per heavy atom. The van der Waals surface area contributed by atoms with Crippen LogP contribution >= 0.6 is 0 Å². The van der Waals surface area contributed by atoms with E-state index in [0.717, 1.165) is 5.56 Å². The molecule has 0 radical (unpaired) electrons. The summed E-state index contributed by atoms with van der Waals surface area (Å²) in [6.07, 6.45) is 4.20. The summed E-state index contributed by atoms with van der Waals surface area (Å²) in [5.41, 5.74) is 0.952. The molecule has 0 aromatic carbocycles. The van der Waals surface area contributed by atoms with Crippen LogP contribution in [0.4, 0.5) is 4.79 Å². The minimum Gasteiger partial charge on any atom is -0.338 e. The van der Waals surface area contributed by atoms with Gasteiger partial charge in [0.25, 0.3) is 0 Å². The Balaban J connectivity index is 1.77. The Kier molecular flexibility index (Phi) is 4.32. The smallest absolute Gasteiger partial charge is 0.317 e. The van der Waals surface area contributed by atoms with Crippen molar-refractivity contribution in [3.8, 4) is 0 Å². The quantitative estimate of drug-likeness (QED) is 0.848. The molecule has 7 nitrogen and oxygen atoms in total. The largest absolute Gasteiger partial charge is 0.338 e. The molecule has 2 rings (SSSR count). The van der Waals surface area contributed by atoms with Crippen LogP contribution in [0.2, 0.25) is 0 Å². The van der Waals surface area contributed by atoms with Gasteiger partial charge in [0.2, 0.25) is 0 Å². The number of amides is 2. The van der Waals surface area contributed by atoms with Gasteiger partial charge in [-0.05, 0) is 12.3 Å². The number of carbonyl (C=O) groups is 1. The molecule has 0 bridgehead atoms. The van der Waals surface area contributed by atoms with Crippen LogP contribution < -0.4 is 5.32 Å². The monoisotopic (exact) mass is 300 g/mol. The number of urea groups is 1. The number of nitrogens with zero attached hydrogens (tertiary/aromatic N) is 3. The number of nitrogens with one attached hydrogen (secondary N) is 1. The zero-order valence-corrected chi connectivity index (χ0v) is 12.6. The van der Waals surface area contributed by atoms with E-state index in [2.05, 4.69) is 10.4 Å². The van der Waals surface area contributed by atoms with Gasteiger partial charge in [0.1, 0.15) is 0 Å². The summed E-state index contributed by atoms with van der Waals surface area (Å²) >= 11 is 0. The molecular weight excluding hydrogens is 280 g/mol. The maximum absolute atomic E-state index is 11.9. The lowest BCUT2D eigenvalue weighted by Crippen LogP contribution is -2.39. The molecule has 1 saturated heterocycles. The van der Waals surface area contributed by atoms with E-state index in [4.69, 9.17) is 0 Å². The molecule has 1 fully saturated rings. The van der Waals surface area contributed by atoms with Crippen molar-refractivity contribution in [3.63, 3.8) is 0 Å². The number of sulfone groups is 1. The minimum absolute atomic E-state index is 0.0377. The summed E-state index contributed by atoms with van der Waals surface area (Å²) in [4.78, 5) is 13.5. The lowest BCUT2D eigenvalue weighted by molar-refractivity contribution is 0.205. The van der Waals surface area contributed by atoms with Gasteiger partial charge in [0.05, 0.1) is 24.2 Å². The molecule has 2 amide bonds. The van der Waals surface area contributed by atoms with E-state index >= 15 is 0 Å². The van der Waals surface area contributed by atoms with E-state index in [0.29, 0.717) is 19.5 Å². The second kappa shape index (κ2) is 5.82. The third-order valence-electron chi connectivity index (χ3n) is 3.39. The molecule has 0 aliphatic carbocycles. The molecular formula is C12H20N4O3S. The molecule has 1 atom stereocenters. The third kappa shape index (κ3) is 3.96. The molecule has 20 heavy (non-hydrogen) atoms. The Morgan fingerprint density at radius 1 is 1.60 bits per heavy atom. The van der Waals surface area contributed by atoms with Crippen LogP contribution in [0, 0.1) is 5.92 Å². The van der Waals surface area contributed by atoms with Crippen molar-refractivity contribution in [2.45, 2.75) is 13.0 Å². The van der Waals surface area contributed by atoms with E-state index in [-0.39, 0.29) is 23.5 Å². The standard InChI is InChI=1S/C12H20N4O3S/c1-15(7-11-6-14-16(2)8-11)12(17)13-5-10-3-4-20(18,19)9-10/h6,8,10H,3-5,7,9H2,1-2H3,(H,13,17)/t10-/m1/s1. The Labute approximate surface area is 118 Å². The molecule has 8 heteroatoms. The molecule has 1 N–H and O–H groups in total. The predicted molar refractivity (Wildman–Crippen MR) is 74.8 cm³/mol. The van der Waals surface area contributed by atoms with Crippen LogP contribution in [0.1, 0.15) is 12.0 Å². The lowest BCUT2D eigenvalue weighted by atomic mass is 10.1. The molecule has 112 valence electrons. The Hall–Kier alpha value is -1.57. The molecule has 1 aliphatic rings. The summed E-state index contributed by atoms with van der Waals surface area (Å²) < 4.78 is 24.3. The maximum atomic E-state index is 11.9. The van der Waals surface area contributed by atoms with Crippen LogP contribution in [-0.4, -0.2) is 54.2 Å². The molecule has 2 heterocycles. The highest BCUT2D eigenvalue weighted by Crippen LogP contribution is 2.17. The number of hydrogen-bond donors (Lipinski definition) is 1. The number of aryl methyl sites for hydroxylation is 1. The van der Waals surface area contributed by atoms with Crippen molar-refractivity contribution in [1.29, 1.82) is 0 Å². The number of hydrogen-bond acceptors (Lipinski definition) is 4. The van der Waals surface area contributed by atoms with Crippen molar-refractivity contribution >= 4 is 15.9 Å². The van der Waals surface area contributed by atoms with E-state index in [1.165, 1.54) is 0 Å². The molecule has 1 aliphatic heterocycles. The predicted octanol–water partition coefficient (Wildman–Crippen LogP) is -0.00380. The van der Waals surface area contributed by atoms with Gasteiger partial charge in [0.15, 0.2) is 9.84 Å². The number of carbonyl (C=O) groups excluding carboxylic acids is 1. The first kappa shape index (κ1) is 14.8. The zero-order chi connectivity index (χ0) is 14.8. The van der Waals surface area contributed by atoms with Crippen LogP contribution in [0.25, 0.3) is 0 Å². The fraction of sp³-hybridized carbons (Fsp3) is 0.667. The average molecular weight is 300 g/mol.